The van der Waals surface area contributed by atoms with Crippen LogP contribution in [0.25, 0.3) is 22.4 Å². The number of anilines is 1. The lowest BCUT2D eigenvalue weighted by Crippen LogP contribution is -2.32. The summed E-state index contributed by atoms with van der Waals surface area (Å²) in [4.78, 5) is 27.2. The molecule has 0 saturated heterocycles. The number of carboxylic acid groups (broad SMARTS) is 1. The molecule has 7 heteroatoms. The van der Waals surface area contributed by atoms with Crippen molar-refractivity contribution in [2.75, 3.05) is 11.9 Å². The highest BCUT2D eigenvalue weighted by atomic mass is 16.5. The maximum absolute atomic E-state index is 12.2. The van der Waals surface area contributed by atoms with Crippen molar-refractivity contribution in [1.29, 1.82) is 0 Å². The topological polar surface area (TPSA) is 102 Å². The summed E-state index contributed by atoms with van der Waals surface area (Å²) in [6.45, 7) is 4.72. The Bertz CT molecular complexity index is 1280. The highest BCUT2D eigenvalue weighted by Crippen LogP contribution is 2.28. The number of carbonyl (C=O) groups is 2. The molecule has 7 nitrogen and oxygen atoms in total. The van der Waals surface area contributed by atoms with Crippen molar-refractivity contribution >= 4 is 28.5 Å². The molecule has 2 aromatic heterocycles. The fraction of sp³-hybridized carbons (Fsp3) is 0.276. The monoisotopic (exact) mass is 486 g/mol. The van der Waals surface area contributed by atoms with Gasteiger partial charge in [0.1, 0.15) is 23.6 Å². The molecule has 0 aliphatic carbocycles. The molecule has 4 aromatic rings. The van der Waals surface area contributed by atoms with Crippen molar-refractivity contribution in [2.45, 2.75) is 39.2 Å². The Hall–Kier alpha value is -4.13. The highest BCUT2D eigenvalue weighted by Gasteiger charge is 2.15. The minimum Gasteiger partial charge on any atom is -0.491 e. The van der Waals surface area contributed by atoms with Gasteiger partial charge in [-0.1, -0.05) is 13.8 Å². The zero-order chi connectivity index (χ0) is 25.5. The smallest absolute Gasteiger partial charge is 0.303 e. The van der Waals surface area contributed by atoms with E-state index in [0.717, 1.165) is 33.9 Å². The van der Waals surface area contributed by atoms with Crippen LogP contribution < -0.4 is 10.1 Å². The van der Waals surface area contributed by atoms with Crippen molar-refractivity contribution in [1.82, 2.24) is 4.98 Å². The minimum absolute atomic E-state index is 0.00155. The van der Waals surface area contributed by atoms with E-state index in [1.807, 2.05) is 54.6 Å². The van der Waals surface area contributed by atoms with Crippen molar-refractivity contribution in [3.63, 3.8) is 0 Å². The van der Waals surface area contributed by atoms with E-state index >= 15 is 0 Å². The number of ketones is 1. The van der Waals surface area contributed by atoms with E-state index in [4.69, 9.17) is 14.3 Å². The molecule has 0 saturated carbocycles. The number of pyridine rings is 1. The molecule has 0 amide bonds. The number of fused-ring (bicyclic) bond motifs is 1. The molecule has 2 N–H and O–H groups in total. The van der Waals surface area contributed by atoms with Crippen LogP contribution in [0.4, 0.5) is 5.69 Å². The number of aromatic nitrogens is 1. The molecule has 0 bridgehead atoms. The fourth-order valence-electron chi connectivity index (χ4n) is 3.82. The van der Waals surface area contributed by atoms with Gasteiger partial charge in [-0.15, -0.1) is 0 Å². The summed E-state index contributed by atoms with van der Waals surface area (Å²) >= 11 is 0. The Labute approximate surface area is 210 Å². The number of rotatable bonds is 12. The zero-order valence-corrected chi connectivity index (χ0v) is 20.4. The van der Waals surface area contributed by atoms with Gasteiger partial charge in [-0.3, -0.25) is 14.6 Å². The number of benzene rings is 2. The van der Waals surface area contributed by atoms with Crippen LogP contribution in [0.5, 0.6) is 5.75 Å². The van der Waals surface area contributed by atoms with E-state index in [1.54, 1.807) is 18.3 Å². The SMILES string of the molecule is CC(C)[C@@H](COc1ccc(-c2cc3ncccc3o2)cc1)Nc1ccc(C(=O)CCCC(=O)O)cc1. The van der Waals surface area contributed by atoms with Gasteiger partial charge in [0.05, 0.1) is 6.04 Å². The summed E-state index contributed by atoms with van der Waals surface area (Å²) in [5, 5.41) is 12.2. The van der Waals surface area contributed by atoms with Gasteiger partial charge in [-0.25, -0.2) is 0 Å². The molecule has 4 rings (SSSR count). The van der Waals surface area contributed by atoms with Crippen LogP contribution in [-0.4, -0.2) is 34.5 Å². The summed E-state index contributed by atoms with van der Waals surface area (Å²) in [6.07, 6.45) is 2.32. The summed E-state index contributed by atoms with van der Waals surface area (Å²) < 4.78 is 12.0. The second-order valence-corrected chi connectivity index (χ2v) is 9.08. The molecule has 0 aliphatic rings. The molecule has 2 heterocycles. The van der Waals surface area contributed by atoms with Crippen LogP contribution >= 0.6 is 0 Å². The van der Waals surface area contributed by atoms with Crippen molar-refractivity contribution in [3.05, 3.63) is 78.5 Å². The molecular formula is C29H30N2O5. The van der Waals surface area contributed by atoms with Gasteiger partial charge >= 0.3 is 5.97 Å². The number of ether oxygens (including phenoxy) is 1. The van der Waals surface area contributed by atoms with Gasteiger partial charge in [0.2, 0.25) is 0 Å². The lowest BCUT2D eigenvalue weighted by Gasteiger charge is -2.24. The first kappa shape index (κ1) is 25.0. The number of carbonyl (C=O) groups excluding carboxylic acids is 1. The molecule has 0 fully saturated rings. The lowest BCUT2D eigenvalue weighted by atomic mass is 10.0. The Balaban J connectivity index is 1.32. The quantitative estimate of drug-likeness (QED) is 0.222. The van der Waals surface area contributed by atoms with Crippen molar-refractivity contribution in [2.24, 2.45) is 5.92 Å². The number of hydrogen-bond acceptors (Lipinski definition) is 6. The zero-order valence-electron chi connectivity index (χ0n) is 20.4. The Morgan fingerprint density at radius 2 is 1.78 bits per heavy atom. The molecule has 1 atom stereocenters. The van der Waals surface area contributed by atoms with Gasteiger partial charge in [0, 0.05) is 41.9 Å². The number of aliphatic carboxylic acids is 1. The van der Waals surface area contributed by atoms with Crippen LogP contribution in [0, 0.1) is 5.92 Å². The first-order valence-electron chi connectivity index (χ1n) is 12.1. The Morgan fingerprint density at radius 3 is 2.44 bits per heavy atom. The van der Waals surface area contributed by atoms with Crippen LogP contribution in [0.3, 0.4) is 0 Å². The van der Waals surface area contributed by atoms with Gasteiger partial charge in [0.15, 0.2) is 11.4 Å². The highest BCUT2D eigenvalue weighted by molar-refractivity contribution is 5.96. The number of Topliss-reactive ketones (excluding diaryl/α,β-unsaturated/α-hetero) is 1. The molecule has 0 radical (unpaired) electrons. The van der Waals surface area contributed by atoms with Gasteiger partial charge in [0.25, 0.3) is 0 Å². The summed E-state index contributed by atoms with van der Waals surface area (Å²) in [6, 6.07) is 20.8. The largest absolute Gasteiger partial charge is 0.491 e. The normalized spacial score (nSPS) is 12.0. The molecule has 0 unspecified atom stereocenters. The summed E-state index contributed by atoms with van der Waals surface area (Å²) in [5.74, 6) is 0.908. The van der Waals surface area contributed by atoms with Gasteiger partial charge in [-0.2, -0.15) is 0 Å². The standard InChI is InChI=1S/C29H30N2O5/c1-19(2)25(31-22-12-8-20(9-13-22)26(32)5-3-7-29(33)34)18-35-23-14-10-21(11-15-23)28-17-24-27(36-28)6-4-16-30-24/h4,6,8-17,19,25,31H,3,5,7,18H2,1-2H3,(H,33,34)/t25-/m1/s1. The molecule has 2 aromatic carbocycles. The fourth-order valence-corrected chi connectivity index (χ4v) is 3.82. The van der Waals surface area contributed by atoms with E-state index in [1.165, 1.54) is 0 Å². The lowest BCUT2D eigenvalue weighted by molar-refractivity contribution is -0.137. The van der Waals surface area contributed by atoms with E-state index in [0.29, 0.717) is 24.5 Å². The Kier molecular flexibility index (Phi) is 8.00. The van der Waals surface area contributed by atoms with Crippen LogP contribution in [0.2, 0.25) is 0 Å². The second kappa shape index (κ2) is 11.5. The number of nitrogens with one attached hydrogen (secondary N) is 1. The van der Waals surface area contributed by atoms with E-state index in [-0.39, 0.29) is 24.7 Å². The van der Waals surface area contributed by atoms with Crippen molar-refractivity contribution in [3.8, 4) is 17.1 Å². The molecule has 0 spiro atoms. The van der Waals surface area contributed by atoms with Crippen LogP contribution in [0.1, 0.15) is 43.5 Å². The summed E-state index contributed by atoms with van der Waals surface area (Å²) in [5.41, 5.74) is 4.02. The second-order valence-electron chi connectivity index (χ2n) is 9.08. The predicted octanol–water partition coefficient (Wildman–Crippen LogP) is 6.45. The van der Waals surface area contributed by atoms with Gasteiger partial charge in [-0.05, 0) is 73.0 Å². The van der Waals surface area contributed by atoms with E-state index in [9.17, 15) is 9.59 Å². The average Bonchev–Trinajstić information content (AvgIpc) is 3.31. The maximum atomic E-state index is 12.2. The average molecular weight is 487 g/mol. The number of furan rings is 1. The summed E-state index contributed by atoms with van der Waals surface area (Å²) in [7, 11) is 0. The first-order valence-corrected chi connectivity index (χ1v) is 12.1. The molecule has 186 valence electrons. The van der Waals surface area contributed by atoms with E-state index in [2.05, 4.69) is 24.1 Å². The third-order valence-electron chi connectivity index (χ3n) is 6.01. The third kappa shape index (κ3) is 6.50. The van der Waals surface area contributed by atoms with Crippen LogP contribution in [0.15, 0.2) is 77.3 Å². The Morgan fingerprint density at radius 1 is 1.03 bits per heavy atom. The van der Waals surface area contributed by atoms with Crippen molar-refractivity contribution < 1.29 is 23.8 Å². The maximum Gasteiger partial charge on any atom is 0.303 e. The minimum atomic E-state index is -0.885. The molecule has 36 heavy (non-hydrogen) atoms. The first-order chi connectivity index (χ1) is 17.4. The van der Waals surface area contributed by atoms with Crippen LogP contribution in [-0.2, 0) is 4.79 Å². The number of carboxylic acids is 1. The number of hydrogen-bond donors (Lipinski definition) is 2. The van der Waals surface area contributed by atoms with E-state index < -0.39 is 5.97 Å². The third-order valence-corrected chi connectivity index (χ3v) is 6.01. The number of nitrogens with zero attached hydrogens (tertiary/aromatic N) is 1. The molecular weight excluding hydrogens is 456 g/mol. The predicted molar refractivity (Wildman–Crippen MR) is 139 cm³/mol. The van der Waals surface area contributed by atoms with Gasteiger partial charge < -0.3 is 19.6 Å². The molecule has 0 aliphatic heterocycles.